The first-order valence-corrected chi connectivity index (χ1v) is 7.92. The van der Waals surface area contributed by atoms with Crippen molar-refractivity contribution in [3.05, 3.63) is 40.7 Å². The van der Waals surface area contributed by atoms with Crippen molar-refractivity contribution < 1.29 is 14.7 Å². The lowest BCUT2D eigenvalue weighted by Gasteiger charge is -2.13. The van der Waals surface area contributed by atoms with E-state index < -0.39 is 5.97 Å². The maximum absolute atomic E-state index is 12.6. The van der Waals surface area contributed by atoms with Crippen LogP contribution >= 0.6 is 11.6 Å². The number of nitrogens with zero attached hydrogens (tertiary/aromatic N) is 3. The van der Waals surface area contributed by atoms with Gasteiger partial charge < -0.3 is 10.0 Å². The Balaban J connectivity index is 2.27. The second-order valence-electron chi connectivity index (χ2n) is 5.81. The first kappa shape index (κ1) is 18.0. The van der Waals surface area contributed by atoms with Crippen molar-refractivity contribution in [2.75, 3.05) is 14.1 Å². The lowest BCUT2D eigenvalue weighted by Crippen LogP contribution is -2.11. The molecule has 0 aliphatic carbocycles. The molecule has 1 aromatic heterocycles. The van der Waals surface area contributed by atoms with Crippen molar-refractivity contribution >= 4 is 34.3 Å². The zero-order valence-electron chi connectivity index (χ0n) is 13.9. The Morgan fingerprint density at radius 3 is 2.54 bits per heavy atom. The number of hydrogen-bond acceptors (Lipinski definition) is 4. The number of rotatable bonds is 7. The molecule has 0 aliphatic rings. The van der Waals surface area contributed by atoms with Gasteiger partial charge in [0.2, 0.25) is 0 Å². The smallest absolute Gasteiger partial charge is 0.325 e. The molecule has 24 heavy (non-hydrogen) atoms. The van der Waals surface area contributed by atoms with Crippen LogP contribution in [0.4, 0.5) is 0 Å². The van der Waals surface area contributed by atoms with Gasteiger partial charge in [0.15, 0.2) is 5.78 Å². The average Bonchev–Trinajstić information content (AvgIpc) is 2.89. The number of carboxylic acid groups (broad SMARTS) is 1. The van der Waals surface area contributed by atoms with Gasteiger partial charge in [0.1, 0.15) is 17.4 Å². The minimum atomic E-state index is -1.00. The second-order valence-corrected chi connectivity index (χ2v) is 6.16. The Hall–Kier alpha value is -2.34. The fourth-order valence-electron chi connectivity index (χ4n) is 2.49. The Kier molecular flexibility index (Phi) is 5.62. The summed E-state index contributed by atoms with van der Waals surface area (Å²) in [7, 11) is 3.68. The molecule has 6 nitrogen and oxygen atoms in total. The molecule has 7 heteroatoms. The summed E-state index contributed by atoms with van der Waals surface area (Å²) < 4.78 is 1.35. The minimum absolute atomic E-state index is 0.127. The van der Waals surface area contributed by atoms with E-state index in [1.165, 1.54) is 4.68 Å². The molecule has 0 bridgehead atoms. The third-order valence-electron chi connectivity index (χ3n) is 3.68. The number of aliphatic carboxylic acids is 1. The van der Waals surface area contributed by atoms with E-state index in [0.717, 1.165) is 5.57 Å². The number of fused-ring (bicyclic) bond motifs is 1. The summed E-state index contributed by atoms with van der Waals surface area (Å²) >= 11 is 6.16. The maximum atomic E-state index is 12.6. The number of carbonyl (C=O) groups excluding carboxylic acids is 1. The van der Waals surface area contributed by atoms with Gasteiger partial charge >= 0.3 is 5.97 Å². The summed E-state index contributed by atoms with van der Waals surface area (Å²) in [6, 6.07) is 7.14. The third-order valence-corrected chi connectivity index (χ3v) is 4.34. The van der Waals surface area contributed by atoms with E-state index in [0.29, 0.717) is 28.2 Å². The monoisotopic (exact) mass is 349 g/mol. The normalized spacial score (nSPS) is 12.2. The number of ketones is 1. The van der Waals surface area contributed by atoms with Crippen molar-refractivity contribution in [1.29, 1.82) is 0 Å². The van der Waals surface area contributed by atoms with Gasteiger partial charge in [0, 0.05) is 25.9 Å². The van der Waals surface area contributed by atoms with Crippen LogP contribution in [-0.4, -0.2) is 45.6 Å². The largest absolute Gasteiger partial charge is 0.480 e. The molecule has 128 valence electrons. The Labute approximate surface area is 145 Å². The molecule has 2 aromatic rings. The van der Waals surface area contributed by atoms with E-state index in [4.69, 9.17) is 16.7 Å². The summed E-state index contributed by atoms with van der Waals surface area (Å²) in [5.74, 6) is -1.13. The van der Waals surface area contributed by atoms with Gasteiger partial charge in [-0.2, -0.15) is 5.10 Å². The van der Waals surface area contributed by atoms with Crippen LogP contribution in [0.5, 0.6) is 0 Å². The maximum Gasteiger partial charge on any atom is 0.325 e. The summed E-state index contributed by atoms with van der Waals surface area (Å²) in [6.45, 7) is 1.61. The van der Waals surface area contributed by atoms with Crippen molar-refractivity contribution in [3.63, 3.8) is 0 Å². The van der Waals surface area contributed by atoms with Gasteiger partial charge in [-0.05, 0) is 25.0 Å². The van der Waals surface area contributed by atoms with Crippen LogP contribution < -0.4 is 0 Å². The first-order valence-electron chi connectivity index (χ1n) is 7.54. The van der Waals surface area contributed by atoms with E-state index >= 15 is 0 Å². The van der Waals surface area contributed by atoms with Gasteiger partial charge in [-0.3, -0.25) is 14.3 Å². The summed E-state index contributed by atoms with van der Waals surface area (Å²) in [5.41, 5.74) is 1.87. The predicted octanol–water partition coefficient (Wildman–Crippen LogP) is 3.12. The Morgan fingerprint density at radius 1 is 1.25 bits per heavy atom. The number of allylic oxidation sites excluding steroid dienone is 1. The molecule has 1 aromatic carbocycles. The highest BCUT2D eigenvalue weighted by molar-refractivity contribution is 6.29. The number of carbonyl (C=O) groups is 2. The number of benzene rings is 1. The van der Waals surface area contributed by atoms with Gasteiger partial charge in [0.05, 0.1) is 5.52 Å². The van der Waals surface area contributed by atoms with E-state index in [-0.39, 0.29) is 18.7 Å². The average molecular weight is 350 g/mol. The van der Waals surface area contributed by atoms with E-state index in [1.54, 1.807) is 29.2 Å². The van der Waals surface area contributed by atoms with Crippen LogP contribution in [0.1, 0.15) is 30.3 Å². The quantitative estimate of drug-likeness (QED) is 0.614. The molecule has 0 amide bonds. The highest BCUT2D eigenvalue weighted by Crippen LogP contribution is 2.22. The molecular weight excluding hydrogens is 330 g/mol. The van der Waals surface area contributed by atoms with Crippen molar-refractivity contribution in [1.82, 2.24) is 14.7 Å². The Morgan fingerprint density at radius 2 is 1.92 bits per heavy atom. The topological polar surface area (TPSA) is 75.4 Å². The minimum Gasteiger partial charge on any atom is -0.480 e. The number of Topliss-reactive ketones (excluding diaryl/α,β-unsaturated/α-hetero) is 1. The number of hydrogen-bond donors (Lipinski definition) is 1. The second kappa shape index (κ2) is 7.49. The number of aromatic nitrogens is 2. The molecule has 1 heterocycles. The third kappa shape index (κ3) is 3.94. The lowest BCUT2D eigenvalue weighted by atomic mass is 10.1. The standard InChI is InChI=1S/C17H20ClN3O3/c1-11(17(18)20(2)3)8-9-14(22)16-12-6-4-5-7-13(12)21(19-16)10-15(23)24/h4-7H,8-10H2,1-3H3,(H,23,24)/b17-11-. The van der Waals surface area contributed by atoms with Gasteiger partial charge in [-0.25, -0.2) is 0 Å². The number of halogens is 1. The van der Waals surface area contributed by atoms with Gasteiger partial charge in [0.25, 0.3) is 0 Å². The summed E-state index contributed by atoms with van der Waals surface area (Å²) in [6.07, 6.45) is 0.792. The van der Waals surface area contributed by atoms with Crippen molar-refractivity contribution in [2.45, 2.75) is 26.3 Å². The fraction of sp³-hybridized carbons (Fsp3) is 0.353. The zero-order chi connectivity index (χ0) is 17.9. The van der Waals surface area contributed by atoms with Crippen molar-refractivity contribution in [2.24, 2.45) is 0 Å². The van der Waals surface area contributed by atoms with Crippen LogP contribution in [0.15, 0.2) is 35.0 Å². The highest BCUT2D eigenvalue weighted by atomic mass is 35.5. The molecule has 1 N–H and O–H groups in total. The van der Waals surface area contributed by atoms with Crippen LogP contribution in [0.25, 0.3) is 10.9 Å². The van der Waals surface area contributed by atoms with E-state index in [2.05, 4.69) is 5.10 Å². The molecule has 0 radical (unpaired) electrons. The molecule has 0 aliphatic heterocycles. The van der Waals surface area contributed by atoms with E-state index in [9.17, 15) is 9.59 Å². The highest BCUT2D eigenvalue weighted by Gasteiger charge is 2.18. The number of para-hydroxylation sites is 1. The molecule has 0 saturated heterocycles. The molecular formula is C17H20ClN3O3. The van der Waals surface area contributed by atoms with Crippen LogP contribution in [0.2, 0.25) is 0 Å². The SMILES string of the molecule is C/C(CCC(=O)c1nn(CC(=O)O)c2ccccc12)=C(\Cl)N(C)C. The molecule has 0 atom stereocenters. The van der Waals surface area contributed by atoms with Gasteiger partial charge in [-0.15, -0.1) is 0 Å². The summed E-state index contributed by atoms with van der Waals surface area (Å²) in [4.78, 5) is 25.3. The molecule has 0 unspecified atom stereocenters. The zero-order valence-corrected chi connectivity index (χ0v) is 14.7. The molecule has 0 spiro atoms. The molecule has 0 fully saturated rings. The van der Waals surface area contributed by atoms with E-state index in [1.807, 2.05) is 21.0 Å². The van der Waals surface area contributed by atoms with Crippen LogP contribution in [-0.2, 0) is 11.3 Å². The Bertz CT molecular complexity index is 809. The van der Waals surface area contributed by atoms with Crippen LogP contribution in [0, 0.1) is 0 Å². The van der Waals surface area contributed by atoms with Gasteiger partial charge in [-0.1, -0.05) is 29.8 Å². The fourth-order valence-corrected chi connectivity index (χ4v) is 2.58. The predicted molar refractivity (Wildman–Crippen MR) is 93.2 cm³/mol. The first-order chi connectivity index (χ1) is 11.3. The molecule has 0 saturated carbocycles. The number of carboxylic acids is 1. The van der Waals surface area contributed by atoms with Crippen molar-refractivity contribution in [3.8, 4) is 0 Å². The van der Waals surface area contributed by atoms with Crippen LogP contribution in [0.3, 0.4) is 0 Å². The lowest BCUT2D eigenvalue weighted by molar-refractivity contribution is -0.137. The molecule has 2 rings (SSSR count). The summed E-state index contributed by atoms with van der Waals surface area (Å²) in [5, 5.41) is 14.5.